The number of benzene rings is 2. The second-order valence-electron chi connectivity index (χ2n) is 4.34. The second kappa shape index (κ2) is 5.68. The molecule has 4 nitrogen and oxygen atoms in total. The lowest BCUT2D eigenvalue weighted by atomic mass is 10.2. The van der Waals surface area contributed by atoms with Crippen LogP contribution in [0.1, 0.15) is 10.4 Å². The van der Waals surface area contributed by atoms with Crippen LogP contribution in [0.5, 0.6) is 0 Å². The van der Waals surface area contributed by atoms with Gasteiger partial charge in [0.05, 0.1) is 15.6 Å². The number of fused-ring (bicyclic) bond motifs is 1. The van der Waals surface area contributed by atoms with E-state index in [2.05, 4.69) is 10.3 Å². The van der Waals surface area contributed by atoms with E-state index in [0.29, 0.717) is 21.1 Å². The number of carbonyl (C=O) groups is 1. The molecule has 6 heteroatoms. The van der Waals surface area contributed by atoms with Gasteiger partial charge < -0.3 is 0 Å². The van der Waals surface area contributed by atoms with E-state index in [-0.39, 0.29) is 5.91 Å². The van der Waals surface area contributed by atoms with Crippen LogP contribution in [0.25, 0.3) is 17.1 Å². The average Bonchev–Trinajstić information content (AvgIpc) is 2.89. The van der Waals surface area contributed by atoms with Crippen molar-refractivity contribution in [2.24, 2.45) is 0 Å². The smallest absolute Gasteiger partial charge is 0.267 e. The zero-order chi connectivity index (χ0) is 14.8. The molecule has 0 aliphatic heterocycles. The number of halogens is 2. The van der Waals surface area contributed by atoms with Crippen molar-refractivity contribution in [3.8, 4) is 0 Å². The minimum absolute atomic E-state index is 0.306. The maximum atomic E-state index is 12.2. The fraction of sp³-hybridized carbons (Fsp3) is 0. The number of nitrogens with zero attached hydrogens (tertiary/aromatic N) is 3. The van der Waals surface area contributed by atoms with Gasteiger partial charge in [0.25, 0.3) is 5.91 Å². The molecule has 2 aromatic carbocycles. The molecule has 0 bridgehead atoms. The van der Waals surface area contributed by atoms with Gasteiger partial charge in [-0.1, -0.05) is 58.7 Å². The van der Waals surface area contributed by atoms with Gasteiger partial charge in [0, 0.05) is 6.08 Å². The molecule has 104 valence electrons. The van der Waals surface area contributed by atoms with Gasteiger partial charge >= 0.3 is 0 Å². The molecule has 0 spiro atoms. The van der Waals surface area contributed by atoms with Crippen LogP contribution in [0.15, 0.2) is 48.5 Å². The predicted molar refractivity (Wildman–Crippen MR) is 83.7 cm³/mol. The number of carbonyl (C=O) groups excluding carboxylic acids is 1. The second-order valence-corrected chi connectivity index (χ2v) is 5.15. The third-order valence-corrected chi connectivity index (χ3v) is 3.64. The summed E-state index contributed by atoms with van der Waals surface area (Å²) in [6, 6.07) is 12.7. The number of hydrogen-bond donors (Lipinski definition) is 0. The summed E-state index contributed by atoms with van der Waals surface area (Å²) < 4.78 is 1.19. The lowest BCUT2D eigenvalue weighted by Gasteiger charge is -1.98. The Morgan fingerprint density at radius 3 is 2.57 bits per heavy atom. The van der Waals surface area contributed by atoms with Crippen LogP contribution in [-0.2, 0) is 0 Å². The summed E-state index contributed by atoms with van der Waals surface area (Å²) in [6.07, 6.45) is 3.15. The largest absolute Gasteiger partial charge is 0.272 e. The van der Waals surface area contributed by atoms with E-state index in [4.69, 9.17) is 23.2 Å². The first-order valence-electron chi connectivity index (χ1n) is 6.13. The molecule has 1 heterocycles. The minimum Gasteiger partial charge on any atom is -0.267 e. The fourth-order valence-corrected chi connectivity index (χ4v) is 2.20. The van der Waals surface area contributed by atoms with E-state index in [0.717, 1.165) is 5.56 Å². The summed E-state index contributed by atoms with van der Waals surface area (Å²) in [5.74, 6) is -0.306. The lowest BCUT2D eigenvalue weighted by Crippen LogP contribution is -2.09. The van der Waals surface area contributed by atoms with Gasteiger partial charge in [0.15, 0.2) is 0 Å². The molecule has 0 fully saturated rings. The Balaban J connectivity index is 1.95. The van der Waals surface area contributed by atoms with E-state index in [1.807, 2.05) is 30.3 Å². The summed E-state index contributed by atoms with van der Waals surface area (Å²) >= 11 is 11.9. The Hall–Kier alpha value is -2.17. The van der Waals surface area contributed by atoms with E-state index in [1.165, 1.54) is 10.8 Å². The lowest BCUT2D eigenvalue weighted by molar-refractivity contribution is 0.0958. The van der Waals surface area contributed by atoms with E-state index >= 15 is 0 Å². The molecule has 0 saturated carbocycles. The monoisotopic (exact) mass is 317 g/mol. The van der Waals surface area contributed by atoms with E-state index in [1.54, 1.807) is 18.2 Å². The molecule has 3 aromatic rings. The molecule has 1 aromatic heterocycles. The highest BCUT2D eigenvalue weighted by Crippen LogP contribution is 2.26. The fourth-order valence-electron chi connectivity index (χ4n) is 1.88. The SMILES string of the molecule is O=C(C=Cc1ccccc1)n1nnc2cc(Cl)c(Cl)cc21. The Labute approximate surface area is 130 Å². The number of aromatic nitrogens is 3. The van der Waals surface area contributed by atoms with Gasteiger partial charge in [0.2, 0.25) is 0 Å². The third-order valence-electron chi connectivity index (χ3n) is 2.91. The van der Waals surface area contributed by atoms with E-state index < -0.39 is 0 Å². The highest BCUT2D eigenvalue weighted by molar-refractivity contribution is 6.42. The third kappa shape index (κ3) is 2.82. The summed E-state index contributed by atoms with van der Waals surface area (Å²) in [5, 5.41) is 8.48. The molecule has 0 amide bonds. The van der Waals surface area contributed by atoms with Gasteiger partial charge in [0.1, 0.15) is 5.52 Å². The van der Waals surface area contributed by atoms with Crippen molar-refractivity contribution in [3.63, 3.8) is 0 Å². The van der Waals surface area contributed by atoms with Crippen molar-refractivity contribution in [2.75, 3.05) is 0 Å². The van der Waals surface area contributed by atoms with Crippen molar-refractivity contribution in [1.29, 1.82) is 0 Å². The van der Waals surface area contributed by atoms with Crippen LogP contribution in [0.2, 0.25) is 10.0 Å². The standard InChI is InChI=1S/C15H9Cl2N3O/c16-11-8-13-14(9-12(11)17)20(19-18-13)15(21)7-6-10-4-2-1-3-5-10/h1-9H. The summed E-state index contributed by atoms with van der Waals surface area (Å²) in [6.45, 7) is 0. The summed E-state index contributed by atoms with van der Waals surface area (Å²) in [7, 11) is 0. The Morgan fingerprint density at radius 2 is 1.81 bits per heavy atom. The van der Waals surface area contributed by atoms with Crippen LogP contribution in [0.4, 0.5) is 0 Å². The van der Waals surface area contributed by atoms with Gasteiger partial charge in [-0.15, -0.1) is 5.10 Å². The van der Waals surface area contributed by atoms with Crippen molar-refractivity contribution < 1.29 is 4.79 Å². The first-order valence-corrected chi connectivity index (χ1v) is 6.88. The minimum atomic E-state index is -0.306. The molecular formula is C15H9Cl2N3O. The Kier molecular flexibility index (Phi) is 3.73. The van der Waals surface area contributed by atoms with Crippen LogP contribution in [0, 0.1) is 0 Å². The molecule has 3 rings (SSSR count). The van der Waals surface area contributed by atoms with E-state index in [9.17, 15) is 4.79 Å². The number of rotatable bonds is 2. The van der Waals surface area contributed by atoms with Crippen LogP contribution in [0.3, 0.4) is 0 Å². The highest BCUT2D eigenvalue weighted by Gasteiger charge is 2.12. The maximum absolute atomic E-state index is 12.2. The van der Waals surface area contributed by atoms with Gasteiger partial charge in [-0.2, -0.15) is 4.68 Å². The van der Waals surface area contributed by atoms with Crippen LogP contribution in [-0.4, -0.2) is 20.9 Å². The molecule has 21 heavy (non-hydrogen) atoms. The van der Waals surface area contributed by atoms with Crippen molar-refractivity contribution >= 4 is 46.2 Å². The van der Waals surface area contributed by atoms with Crippen molar-refractivity contribution in [1.82, 2.24) is 15.0 Å². The maximum Gasteiger partial charge on any atom is 0.272 e. The summed E-state index contributed by atoms with van der Waals surface area (Å²) in [5.41, 5.74) is 1.97. The molecule has 0 aliphatic carbocycles. The quantitative estimate of drug-likeness (QED) is 0.669. The van der Waals surface area contributed by atoms with Gasteiger partial charge in [-0.3, -0.25) is 4.79 Å². The highest BCUT2D eigenvalue weighted by atomic mass is 35.5. The van der Waals surface area contributed by atoms with Crippen LogP contribution < -0.4 is 0 Å². The molecule has 0 N–H and O–H groups in total. The number of allylic oxidation sites excluding steroid dienone is 1. The molecule has 0 atom stereocenters. The average molecular weight is 318 g/mol. The van der Waals surface area contributed by atoms with Gasteiger partial charge in [-0.05, 0) is 23.8 Å². The summed E-state index contributed by atoms with van der Waals surface area (Å²) in [4.78, 5) is 12.2. The zero-order valence-corrected chi connectivity index (χ0v) is 12.2. The first kappa shape index (κ1) is 13.8. The van der Waals surface area contributed by atoms with Gasteiger partial charge in [-0.25, -0.2) is 0 Å². The van der Waals surface area contributed by atoms with Crippen LogP contribution >= 0.6 is 23.2 Å². The molecular weight excluding hydrogens is 309 g/mol. The Bertz CT molecular complexity index is 841. The zero-order valence-electron chi connectivity index (χ0n) is 10.7. The predicted octanol–water partition coefficient (Wildman–Crippen LogP) is 4.09. The Morgan fingerprint density at radius 1 is 1.10 bits per heavy atom. The molecule has 0 saturated heterocycles. The number of hydrogen-bond acceptors (Lipinski definition) is 3. The normalized spacial score (nSPS) is 11.3. The topological polar surface area (TPSA) is 47.8 Å². The van der Waals surface area contributed by atoms with Crippen molar-refractivity contribution in [2.45, 2.75) is 0 Å². The van der Waals surface area contributed by atoms with Crippen molar-refractivity contribution in [3.05, 3.63) is 64.1 Å². The first-order chi connectivity index (χ1) is 10.1. The molecule has 0 aliphatic rings. The molecule has 0 radical (unpaired) electrons. The molecule has 0 unspecified atom stereocenters.